The Bertz CT molecular complexity index is 474. The molecule has 0 fully saturated rings. The van der Waals surface area contributed by atoms with Gasteiger partial charge in [0, 0.05) is 10.2 Å². The molecule has 1 aromatic carbocycles. The summed E-state index contributed by atoms with van der Waals surface area (Å²) in [6.07, 6.45) is 5.54. The Morgan fingerprint density at radius 3 is 2.73 bits per heavy atom. The summed E-state index contributed by atoms with van der Waals surface area (Å²) in [5.74, 6) is 0.836. The number of furan rings is 1. The van der Waals surface area contributed by atoms with E-state index in [9.17, 15) is 0 Å². The molecule has 0 aliphatic carbocycles. The maximum Gasteiger partial charge on any atom is 0.126 e. The molecule has 0 bridgehead atoms. The van der Waals surface area contributed by atoms with E-state index in [1.807, 2.05) is 42.5 Å². The number of hydrogen-bond acceptors (Lipinski definition) is 2. The van der Waals surface area contributed by atoms with Crippen molar-refractivity contribution in [2.24, 2.45) is 0 Å². The van der Waals surface area contributed by atoms with E-state index < -0.39 is 0 Å². The SMILES string of the molecule is Nc1ccc(/C=C/c2ccco2)cc1Br. The number of nitrogen functional groups attached to an aromatic ring is 1. The van der Waals surface area contributed by atoms with Crippen LogP contribution < -0.4 is 5.73 Å². The van der Waals surface area contributed by atoms with Crippen molar-refractivity contribution >= 4 is 33.8 Å². The molecule has 0 unspecified atom stereocenters. The van der Waals surface area contributed by atoms with Crippen LogP contribution in [-0.2, 0) is 0 Å². The van der Waals surface area contributed by atoms with E-state index in [2.05, 4.69) is 15.9 Å². The highest BCUT2D eigenvalue weighted by molar-refractivity contribution is 9.10. The smallest absolute Gasteiger partial charge is 0.126 e. The Kier molecular flexibility index (Phi) is 2.92. The molecule has 3 heteroatoms. The molecule has 2 N–H and O–H groups in total. The maximum atomic E-state index is 5.69. The van der Waals surface area contributed by atoms with Crippen LogP contribution in [0.5, 0.6) is 0 Å². The number of rotatable bonds is 2. The van der Waals surface area contributed by atoms with Crippen LogP contribution in [0.25, 0.3) is 12.2 Å². The van der Waals surface area contributed by atoms with Gasteiger partial charge in [0.2, 0.25) is 0 Å². The predicted molar refractivity (Wildman–Crippen MR) is 66.2 cm³/mol. The van der Waals surface area contributed by atoms with Crippen LogP contribution in [0, 0.1) is 0 Å². The van der Waals surface area contributed by atoms with Gasteiger partial charge in [-0.2, -0.15) is 0 Å². The van der Waals surface area contributed by atoms with Gasteiger partial charge in [0.15, 0.2) is 0 Å². The average Bonchev–Trinajstić information content (AvgIpc) is 2.73. The fourth-order valence-electron chi connectivity index (χ4n) is 1.21. The van der Waals surface area contributed by atoms with Crippen LogP contribution in [0.1, 0.15) is 11.3 Å². The lowest BCUT2D eigenvalue weighted by atomic mass is 10.2. The van der Waals surface area contributed by atoms with Crippen molar-refractivity contribution in [3.8, 4) is 0 Å². The second-order valence-electron chi connectivity index (χ2n) is 3.13. The molecule has 15 heavy (non-hydrogen) atoms. The summed E-state index contributed by atoms with van der Waals surface area (Å²) in [5, 5.41) is 0. The summed E-state index contributed by atoms with van der Waals surface area (Å²) < 4.78 is 6.09. The second kappa shape index (κ2) is 4.36. The van der Waals surface area contributed by atoms with E-state index in [-0.39, 0.29) is 0 Å². The molecule has 2 nitrogen and oxygen atoms in total. The van der Waals surface area contributed by atoms with Gasteiger partial charge in [-0.15, -0.1) is 0 Å². The first-order valence-corrected chi connectivity index (χ1v) is 5.31. The quantitative estimate of drug-likeness (QED) is 0.838. The molecule has 2 rings (SSSR count). The number of halogens is 1. The highest BCUT2D eigenvalue weighted by atomic mass is 79.9. The zero-order valence-corrected chi connectivity index (χ0v) is 9.57. The zero-order valence-electron chi connectivity index (χ0n) is 7.98. The van der Waals surface area contributed by atoms with E-state index >= 15 is 0 Å². The minimum absolute atomic E-state index is 0.741. The largest absolute Gasteiger partial charge is 0.465 e. The first-order chi connectivity index (χ1) is 7.25. The van der Waals surface area contributed by atoms with Crippen LogP contribution in [0.3, 0.4) is 0 Å². The third-order valence-electron chi connectivity index (χ3n) is 2.01. The monoisotopic (exact) mass is 263 g/mol. The van der Waals surface area contributed by atoms with Crippen molar-refractivity contribution in [3.05, 3.63) is 52.4 Å². The van der Waals surface area contributed by atoms with Crippen LogP contribution in [0.15, 0.2) is 45.5 Å². The van der Waals surface area contributed by atoms with E-state index in [1.54, 1.807) is 6.26 Å². The van der Waals surface area contributed by atoms with Gasteiger partial charge in [-0.25, -0.2) is 0 Å². The summed E-state index contributed by atoms with van der Waals surface area (Å²) >= 11 is 3.38. The maximum absolute atomic E-state index is 5.69. The number of hydrogen-bond donors (Lipinski definition) is 1. The first-order valence-electron chi connectivity index (χ1n) is 4.52. The molecule has 0 saturated carbocycles. The second-order valence-corrected chi connectivity index (χ2v) is 3.98. The molecule has 0 saturated heterocycles. The first kappa shape index (κ1) is 10.1. The van der Waals surface area contributed by atoms with E-state index in [0.717, 1.165) is 21.5 Å². The Balaban J connectivity index is 2.21. The van der Waals surface area contributed by atoms with Crippen molar-refractivity contribution < 1.29 is 4.42 Å². The number of anilines is 1. The van der Waals surface area contributed by atoms with Crippen LogP contribution in [-0.4, -0.2) is 0 Å². The third kappa shape index (κ3) is 2.50. The zero-order chi connectivity index (χ0) is 10.7. The fraction of sp³-hybridized carbons (Fsp3) is 0. The van der Waals surface area contributed by atoms with Gasteiger partial charge >= 0.3 is 0 Å². The van der Waals surface area contributed by atoms with E-state index in [0.29, 0.717) is 0 Å². The number of nitrogens with two attached hydrogens (primary N) is 1. The lowest BCUT2D eigenvalue weighted by Gasteiger charge is -1.98. The molecular weight excluding hydrogens is 254 g/mol. The van der Waals surface area contributed by atoms with Crippen LogP contribution in [0.2, 0.25) is 0 Å². The molecule has 0 aliphatic rings. The topological polar surface area (TPSA) is 39.2 Å². The molecule has 0 spiro atoms. The molecule has 0 atom stereocenters. The minimum atomic E-state index is 0.741. The molecule has 0 aliphatic heterocycles. The lowest BCUT2D eigenvalue weighted by molar-refractivity contribution is 0.557. The molecule has 1 aromatic heterocycles. The summed E-state index contributed by atoms with van der Waals surface area (Å²) in [5.41, 5.74) is 7.51. The van der Waals surface area contributed by atoms with Gasteiger partial charge in [0.1, 0.15) is 5.76 Å². The van der Waals surface area contributed by atoms with Crippen molar-refractivity contribution in [3.63, 3.8) is 0 Å². The summed E-state index contributed by atoms with van der Waals surface area (Å²) in [4.78, 5) is 0. The Morgan fingerprint density at radius 2 is 2.07 bits per heavy atom. The standard InChI is InChI=1S/C12H10BrNO/c13-11-8-9(4-6-12(11)14)3-5-10-2-1-7-15-10/h1-8H,14H2/b5-3+. The van der Waals surface area contributed by atoms with Gasteiger partial charge in [-0.1, -0.05) is 12.1 Å². The molecular formula is C12H10BrNO. The van der Waals surface area contributed by atoms with Gasteiger partial charge in [0.05, 0.1) is 6.26 Å². The Morgan fingerprint density at radius 1 is 1.20 bits per heavy atom. The predicted octanol–water partition coefficient (Wildman–Crippen LogP) is 3.79. The van der Waals surface area contributed by atoms with Crippen molar-refractivity contribution in [2.45, 2.75) is 0 Å². The average molecular weight is 264 g/mol. The molecule has 0 amide bonds. The van der Waals surface area contributed by atoms with E-state index in [4.69, 9.17) is 10.2 Å². The van der Waals surface area contributed by atoms with Gasteiger partial charge < -0.3 is 10.2 Å². The number of benzene rings is 1. The van der Waals surface area contributed by atoms with Gasteiger partial charge in [-0.05, 0) is 51.8 Å². The summed E-state index contributed by atoms with van der Waals surface area (Å²) in [6, 6.07) is 9.56. The fourth-order valence-corrected chi connectivity index (χ4v) is 1.61. The summed E-state index contributed by atoms with van der Waals surface area (Å²) in [6.45, 7) is 0. The normalized spacial score (nSPS) is 11.0. The van der Waals surface area contributed by atoms with Gasteiger partial charge in [-0.3, -0.25) is 0 Å². The molecule has 76 valence electrons. The van der Waals surface area contributed by atoms with Crippen LogP contribution in [0.4, 0.5) is 5.69 Å². The third-order valence-corrected chi connectivity index (χ3v) is 2.69. The minimum Gasteiger partial charge on any atom is -0.465 e. The summed E-state index contributed by atoms with van der Waals surface area (Å²) in [7, 11) is 0. The van der Waals surface area contributed by atoms with Gasteiger partial charge in [0.25, 0.3) is 0 Å². The van der Waals surface area contributed by atoms with Crippen molar-refractivity contribution in [1.29, 1.82) is 0 Å². The Labute approximate surface area is 96.5 Å². The lowest BCUT2D eigenvalue weighted by Crippen LogP contribution is -1.85. The van der Waals surface area contributed by atoms with Crippen LogP contribution >= 0.6 is 15.9 Å². The molecule has 0 radical (unpaired) electrons. The Hall–Kier alpha value is -1.48. The highest BCUT2D eigenvalue weighted by Crippen LogP contribution is 2.21. The van der Waals surface area contributed by atoms with Crippen molar-refractivity contribution in [1.82, 2.24) is 0 Å². The highest BCUT2D eigenvalue weighted by Gasteiger charge is 1.95. The molecule has 1 heterocycles. The molecule has 2 aromatic rings. The van der Waals surface area contributed by atoms with Crippen molar-refractivity contribution in [2.75, 3.05) is 5.73 Å². The van der Waals surface area contributed by atoms with E-state index in [1.165, 1.54) is 0 Å².